The molecule has 1 aliphatic rings. The van der Waals surface area contributed by atoms with Gasteiger partial charge in [-0.2, -0.15) is 0 Å². The first kappa shape index (κ1) is 22.3. The van der Waals surface area contributed by atoms with E-state index in [0.717, 1.165) is 78.5 Å². The quantitative estimate of drug-likeness (QED) is 0.323. The Morgan fingerprint density at radius 3 is 0.636 bits per heavy atom. The van der Waals surface area contributed by atoms with E-state index in [-0.39, 0.29) is 16.8 Å². The van der Waals surface area contributed by atoms with Crippen molar-refractivity contribution >= 4 is 0 Å². The van der Waals surface area contributed by atoms with Crippen molar-refractivity contribution in [2.24, 2.45) is 0 Å². The van der Waals surface area contributed by atoms with Crippen molar-refractivity contribution in [2.45, 2.75) is 19.3 Å². The molecule has 1 rings (SSSR count). The monoisotopic (exact) mass is 359 g/mol. The van der Waals surface area contributed by atoms with Crippen LogP contribution in [0.25, 0.3) is 0 Å². The third-order valence-electron chi connectivity index (χ3n) is 3.56. The van der Waals surface area contributed by atoms with Gasteiger partial charge in [0, 0.05) is 39.3 Å². The van der Waals surface area contributed by atoms with E-state index in [0.29, 0.717) is 0 Å². The minimum absolute atomic E-state index is 0. The topological polar surface area (TPSA) is 72.2 Å². The van der Waals surface area contributed by atoms with E-state index in [9.17, 15) is 0 Å². The van der Waals surface area contributed by atoms with Gasteiger partial charge < -0.3 is 31.9 Å². The van der Waals surface area contributed by atoms with Crippen LogP contribution in [0.3, 0.4) is 0 Å². The summed E-state index contributed by atoms with van der Waals surface area (Å²) in [5.74, 6) is 0. The molecule has 1 fully saturated rings. The minimum atomic E-state index is 0. The van der Waals surface area contributed by atoms with E-state index in [1.165, 1.54) is 19.3 Å². The van der Waals surface area contributed by atoms with Gasteiger partial charge in [0.15, 0.2) is 0 Å². The van der Waals surface area contributed by atoms with Gasteiger partial charge in [-0.1, -0.05) is 0 Å². The fraction of sp³-hybridized carbons (Fsp3) is 1.00. The molecule has 0 aromatic rings. The van der Waals surface area contributed by atoms with E-state index in [4.69, 9.17) is 0 Å². The Morgan fingerprint density at radius 2 is 0.455 bits per heavy atom. The normalized spacial score (nSPS) is 22.9. The molecule has 132 valence electrons. The average molecular weight is 359 g/mol. The van der Waals surface area contributed by atoms with Gasteiger partial charge in [-0.15, -0.1) is 0 Å². The fourth-order valence-corrected chi connectivity index (χ4v) is 2.30. The van der Waals surface area contributed by atoms with Crippen LogP contribution in [0.15, 0.2) is 0 Å². The van der Waals surface area contributed by atoms with E-state index in [1.807, 2.05) is 0 Å². The van der Waals surface area contributed by atoms with E-state index in [2.05, 4.69) is 31.9 Å². The summed E-state index contributed by atoms with van der Waals surface area (Å²) in [6, 6.07) is 0. The van der Waals surface area contributed by atoms with Gasteiger partial charge in [0.2, 0.25) is 0 Å². The Labute approximate surface area is 146 Å². The van der Waals surface area contributed by atoms with Crippen molar-refractivity contribution in [1.29, 1.82) is 0 Å². The van der Waals surface area contributed by atoms with Crippen LogP contribution < -0.4 is 31.9 Å². The second-order valence-electron chi connectivity index (χ2n) is 5.56. The van der Waals surface area contributed by atoms with Crippen molar-refractivity contribution in [3.63, 3.8) is 0 Å². The SMILES string of the molecule is C1CNCCNCCCNCCNCCCNCCNC1.[Co+3]. The maximum atomic E-state index is 3.47. The van der Waals surface area contributed by atoms with Gasteiger partial charge in [-0.25, -0.2) is 0 Å². The summed E-state index contributed by atoms with van der Waals surface area (Å²) in [6.07, 6.45) is 3.61. The number of rotatable bonds is 0. The first-order valence-electron chi connectivity index (χ1n) is 8.74. The molecule has 0 bridgehead atoms. The zero-order chi connectivity index (χ0) is 14.8. The summed E-state index contributed by atoms with van der Waals surface area (Å²) in [5.41, 5.74) is 0. The van der Waals surface area contributed by atoms with Gasteiger partial charge in [0.1, 0.15) is 0 Å². The molecule has 0 spiro atoms. The van der Waals surface area contributed by atoms with Crippen molar-refractivity contribution < 1.29 is 16.8 Å². The summed E-state index contributed by atoms with van der Waals surface area (Å²) in [4.78, 5) is 0. The van der Waals surface area contributed by atoms with Gasteiger partial charge in [0.05, 0.1) is 0 Å². The Kier molecular flexibility index (Phi) is 19.5. The number of nitrogens with one attached hydrogen (secondary N) is 6. The smallest absolute Gasteiger partial charge is 0.315 e. The van der Waals surface area contributed by atoms with E-state index >= 15 is 0 Å². The average Bonchev–Trinajstić information content (AvgIpc) is 2.50. The van der Waals surface area contributed by atoms with Crippen LogP contribution in [-0.4, -0.2) is 78.5 Å². The molecule has 0 aromatic carbocycles. The fourth-order valence-electron chi connectivity index (χ4n) is 2.30. The van der Waals surface area contributed by atoms with Crippen molar-refractivity contribution in [3.05, 3.63) is 0 Å². The molecular weight excluding hydrogens is 323 g/mol. The molecular formula is C15H36CoN6+3. The van der Waals surface area contributed by atoms with Crippen molar-refractivity contribution in [3.8, 4) is 0 Å². The molecule has 1 saturated heterocycles. The van der Waals surface area contributed by atoms with Crippen LogP contribution >= 0.6 is 0 Å². The van der Waals surface area contributed by atoms with E-state index < -0.39 is 0 Å². The molecule has 22 heavy (non-hydrogen) atoms. The van der Waals surface area contributed by atoms with Crippen LogP contribution in [0.4, 0.5) is 0 Å². The van der Waals surface area contributed by atoms with Crippen molar-refractivity contribution in [2.75, 3.05) is 78.5 Å². The Bertz CT molecular complexity index is 116. The molecule has 6 nitrogen and oxygen atoms in total. The zero-order valence-electron chi connectivity index (χ0n) is 13.9. The first-order valence-corrected chi connectivity index (χ1v) is 8.74. The Balaban J connectivity index is 0.00000441. The van der Waals surface area contributed by atoms with Crippen LogP contribution in [0.5, 0.6) is 0 Å². The van der Waals surface area contributed by atoms with E-state index in [1.54, 1.807) is 0 Å². The number of hydrogen-bond acceptors (Lipinski definition) is 6. The molecule has 0 aromatic heterocycles. The molecule has 0 radical (unpaired) electrons. The number of hydrogen-bond donors (Lipinski definition) is 6. The van der Waals surface area contributed by atoms with Crippen molar-refractivity contribution in [1.82, 2.24) is 31.9 Å². The largest absolute Gasteiger partial charge is 3.00 e. The minimum Gasteiger partial charge on any atom is -0.315 e. The molecule has 0 saturated carbocycles. The predicted molar refractivity (Wildman–Crippen MR) is 91.1 cm³/mol. The zero-order valence-corrected chi connectivity index (χ0v) is 15.0. The van der Waals surface area contributed by atoms with Crippen LogP contribution in [0.1, 0.15) is 19.3 Å². The molecule has 7 heteroatoms. The maximum absolute atomic E-state index is 3.47. The molecule has 0 amide bonds. The van der Waals surface area contributed by atoms with Gasteiger partial charge in [0.25, 0.3) is 0 Å². The molecule has 0 aliphatic carbocycles. The van der Waals surface area contributed by atoms with Crippen LogP contribution in [-0.2, 0) is 16.8 Å². The summed E-state index contributed by atoms with van der Waals surface area (Å²) >= 11 is 0. The second kappa shape index (κ2) is 19.3. The summed E-state index contributed by atoms with van der Waals surface area (Å²) < 4.78 is 0. The second-order valence-corrected chi connectivity index (χ2v) is 5.56. The predicted octanol–water partition coefficient (Wildman–Crippen LogP) is -1.29. The van der Waals surface area contributed by atoms with Crippen LogP contribution in [0.2, 0.25) is 0 Å². The third kappa shape index (κ3) is 16.6. The Morgan fingerprint density at radius 1 is 0.273 bits per heavy atom. The Hall–Kier alpha value is 0.266. The van der Waals surface area contributed by atoms with Gasteiger partial charge in [-0.3, -0.25) is 0 Å². The van der Waals surface area contributed by atoms with Gasteiger partial charge in [-0.05, 0) is 58.5 Å². The standard InChI is InChI=1S/C15H36N6.Co/c1-4-16-10-12-18-6-2-8-20-14-15-21-9-3-7-19-13-11-17-5-1;/h16-21H,1-15H2;/q;+3. The summed E-state index contributed by atoms with van der Waals surface area (Å²) in [5, 5.41) is 20.8. The van der Waals surface area contributed by atoms with Crippen LogP contribution in [0, 0.1) is 0 Å². The molecule has 1 aliphatic heterocycles. The molecule has 0 atom stereocenters. The maximum Gasteiger partial charge on any atom is 3.00 e. The first-order chi connectivity index (χ1) is 10.5. The molecule has 6 N–H and O–H groups in total. The summed E-state index contributed by atoms with van der Waals surface area (Å²) in [6.45, 7) is 13.0. The summed E-state index contributed by atoms with van der Waals surface area (Å²) in [7, 11) is 0. The molecule has 0 unspecified atom stereocenters. The van der Waals surface area contributed by atoms with Gasteiger partial charge >= 0.3 is 16.8 Å². The molecule has 1 heterocycles. The third-order valence-corrected chi connectivity index (χ3v) is 3.56.